The number of aromatic nitrogens is 2. The summed E-state index contributed by atoms with van der Waals surface area (Å²) < 4.78 is 1.92. The number of rotatable bonds is 6. The second-order valence-corrected chi connectivity index (χ2v) is 6.44. The van der Waals surface area contributed by atoms with Crippen molar-refractivity contribution >= 4 is 0 Å². The molecule has 0 bridgehead atoms. The Morgan fingerprint density at radius 3 is 2.68 bits per heavy atom. The average molecular weight is 261 g/mol. The van der Waals surface area contributed by atoms with Crippen molar-refractivity contribution in [3.8, 4) is 0 Å². The Balaban J connectivity index is 1.64. The van der Waals surface area contributed by atoms with Crippen LogP contribution in [0.1, 0.15) is 44.7 Å². The molecule has 0 spiro atoms. The summed E-state index contributed by atoms with van der Waals surface area (Å²) in [5, 5.41) is 8.36. The van der Waals surface area contributed by atoms with Gasteiger partial charge in [-0.2, -0.15) is 5.10 Å². The van der Waals surface area contributed by atoms with Crippen LogP contribution in [0.5, 0.6) is 0 Å². The molecule has 0 saturated heterocycles. The molecule has 3 unspecified atom stereocenters. The topological polar surface area (TPSA) is 29.9 Å². The summed E-state index contributed by atoms with van der Waals surface area (Å²) in [6.07, 6.45) is 10.3. The Bertz CT molecular complexity index is 400. The Morgan fingerprint density at radius 2 is 2.11 bits per heavy atom. The molecule has 3 heteroatoms. The first kappa shape index (κ1) is 13.2. The first-order chi connectivity index (χ1) is 9.29. The number of fused-ring (bicyclic) bond motifs is 1. The third-order valence-electron chi connectivity index (χ3n) is 5.04. The minimum absolute atomic E-state index is 0.656. The Morgan fingerprint density at radius 1 is 1.37 bits per heavy atom. The van der Waals surface area contributed by atoms with Crippen LogP contribution in [-0.4, -0.2) is 22.4 Å². The molecule has 3 atom stereocenters. The summed E-state index contributed by atoms with van der Waals surface area (Å²) in [6, 6.07) is 2.83. The van der Waals surface area contributed by atoms with E-state index in [1.807, 2.05) is 11.7 Å². The van der Waals surface area contributed by atoms with Gasteiger partial charge in [0.05, 0.1) is 5.69 Å². The van der Waals surface area contributed by atoms with Crippen LogP contribution in [0.25, 0.3) is 0 Å². The first-order valence-electron chi connectivity index (χ1n) is 8.01. The van der Waals surface area contributed by atoms with Crippen molar-refractivity contribution in [3.05, 3.63) is 18.0 Å². The summed E-state index contributed by atoms with van der Waals surface area (Å²) in [5.41, 5.74) is 1.25. The zero-order valence-corrected chi connectivity index (χ0v) is 12.3. The lowest BCUT2D eigenvalue weighted by atomic mass is 10.0. The van der Waals surface area contributed by atoms with Crippen LogP contribution in [0.15, 0.2) is 12.3 Å². The fourth-order valence-corrected chi connectivity index (χ4v) is 4.12. The molecule has 0 amide bonds. The van der Waals surface area contributed by atoms with Crippen LogP contribution >= 0.6 is 0 Å². The van der Waals surface area contributed by atoms with Crippen molar-refractivity contribution in [2.45, 2.75) is 51.5 Å². The van der Waals surface area contributed by atoms with E-state index < -0.39 is 0 Å². The second-order valence-electron chi connectivity index (χ2n) is 6.44. The van der Waals surface area contributed by atoms with Gasteiger partial charge in [0.25, 0.3) is 0 Å². The quantitative estimate of drug-likeness (QED) is 0.853. The van der Waals surface area contributed by atoms with Crippen LogP contribution in [0.3, 0.4) is 0 Å². The van der Waals surface area contributed by atoms with E-state index in [1.54, 1.807) is 0 Å². The summed E-state index contributed by atoms with van der Waals surface area (Å²) in [6.45, 7) is 3.40. The zero-order chi connectivity index (χ0) is 13.2. The molecule has 19 heavy (non-hydrogen) atoms. The molecule has 1 N–H and O–H groups in total. The molecule has 106 valence electrons. The molecule has 0 radical (unpaired) electrons. The van der Waals surface area contributed by atoms with Gasteiger partial charge in [0.2, 0.25) is 0 Å². The summed E-state index contributed by atoms with van der Waals surface area (Å²) >= 11 is 0. The average Bonchev–Trinajstić information content (AvgIpc) is 3.01. The van der Waals surface area contributed by atoms with Crippen molar-refractivity contribution in [2.75, 3.05) is 6.54 Å². The molecule has 1 heterocycles. The Labute approximate surface area is 116 Å². The predicted molar refractivity (Wildman–Crippen MR) is 77.9 cm³/mol. The van der Waals surface area contributed by atoms with Gasteiger partial charge in [-0.15, -0.1) is 0 Å². The lowest BCUT2D eigenvalue weighted by molar-refractivity contribution is 0.423. The smallest absolute Gasteiger partial charge is 0.0640 e. The third-order valence-corrected chi connectivity index (χ3v) is 5.04. The normalized spacial score (nSPS) is 30.9. The highest BCUT2D eigenvalue weighted by molar-refractivity contribution is 5.09. The largest absolute Gasteiger partial charge is 0.313 e. The Hall–Kier alpha value is -0.830. The molecule has 2 aliphatic rings. The van der Waals surface area contributed by atoms with E-state index >= 15 is 0 Å². The van der Waals surface area contributed by atoms with Gasteiger partial charge in [-0.05, 0) is 49.6 Å². The van der Waals surface area contributed by atoms with Crippen molar-refractivity contribution in [1.82, 2.24) is 15.1 Å². The molecule has 0 aliphatic heterocycles. The number of hydrogen-bond donors (Lipinski definition) is 1. The van der Waals surface area contributed by atoms with Gasteiger partial charge < -0.3 is 5.32 Å². The van der Waals surface area contributed by atoms with E-state index in [2.05, 4.69) is 29.6 Å². The number of aryl methyl sites for hydroxylation is 1. The molecular weight excluding hydrogens is 234 g/mol. The Kier molecular flexibility index (Phi) is 3.92. The molecule has 1 aromatic heterocycles. The summed E-state index contributed by atoms with van der Waals surface area (Å²) in [7, 11) is 2.01. The zero-order valence-electron chi connectivity index (χ0n) is 12.3. The van der Waals surface area contributed by atoms with Crippen molar-refractivity contribution in [3.63, 3.8) is 0 Å². The van der Waals surface area contributed by atoms with Crippen LogP contribution in [0.4, 0.5) is 0 Å². The molecular formula is C16H27N3. The SMILES string of the molecule is CCCNC(Cc1ccn(C)n1)C1C2CCCCC21. The molecule has 1 aromatic rings. The van der Waals surface area contributed by atoms with Crippen molar-refractivity contribution < 1.29 is 0 Å². The maximum Gasteiger partial charge on any atom is 0.0640 e. The van der Waals surface area contributed by atoms with Gasteiger partial charge in [0.1, 0.15) is 0 Å². The van der Waals surface area contributed by atoms with Gasteiger partial charge >= 0.3 is 0 Å². The number of hydrogen-bond acceptors (Lipinski definition) is 2. The lowest BCUT2D eigenvalue weighted by Gasteiger charge is -2.18. The maximum atomic E-state index is 4.56. The van der Waals surface area contributed by atoms with Crippen molar-refractivity contribution in [2.24, 2.45) is 24.8 Å². The van der Waals surface area contributed by atoms with E-state index in [0.29, 0.717) is 6.04 Å². The number of nitrogens with zero attached hydrogens (tertiary/aromatic N) is 2. The van der Waals surface area contributed by atoms with Gasteiger partial charge in [-0.1, -0.05) is 19.8 Å². The van der Waals surface area contributed by atoms with Crippen LogP contribution < -0.4 is 5.32 Å². The van der Waals surface area contributed by atoms with Gasteiger partial charge in [0, 0.05) is 25.7 Å². The van der Waals surface area contributed by atoms with Crippen LogP contribution in [0, 0.1) is 17.8 Å². The van der Waals surface area contributed by atoms with E-state index in [0.717, 1.165) is 30.7 Å². The monoisotopic (exact) mass is 261 g/mol. The van der Waals surface area contributed by atoms with E-state index in [-0.39, 0.29) is 0 Å². The minimum atomic E-state index is 0.656. The highest BCUT2D eigenvalue weighted by atomic mass is 15.2. The molecule has 3 rings (SSSR count). The van der Waals surface area contributed by atoms with Crippen LogP contribution in [0.2, 0.25) is 0 Å². The highest BCUT2D eigenvalue weighted by Gasteiger charge is 2.53. The van der Waals surface area contributed by atoms with E-state index in [1.165, 1.54) is 37.8 Å². The molecule has 2 saturated carbocycles. The van der Waals surface area contributed by atoms with E-state index in [9.17, 15) is 0 Å². The fourth-order valence-electron chi connectivity index (χ4n) is 4.12. The molecule has 2 aliphatic carbocycles. The molecule has 0 aromatic carbocycles. The predicted octanol–water partition coefficient (Wildman–Crippen LogP) is 2.77. The maximum absolute atomic E-state index is 4.56. The van der Waals surface area contributed by atoms with Gasteiger partial charge in [-0.25, -0.2) is 0 Å². The van der Waals surface area contributed by atoms with Gasteiger partial charge in [-0.3, -0.25) is 4.68 Å². The van der Waals surface area contributed by atoms with E-state index in [4.69, 9.17) is 0 Å². The molecule has 3 nitrogen and oxygen atoms in total. The lowest BCUT2D eigenvalue weighted by Crippen LogP contribution is -2.35. The highest BCUT2D eigenvalue weighted by Crippen LogP contribution is 2.57. The minimum Gasteiger partial charge on any atom is -0.313 e. The summed E-state index contributed by atoms with van der Waals surface area (Å²) in [4.78, 5) is 0. The summed E-state index contributed by atoms with van der Waals surface area (Å²) in [5.74, 6) is 2.97. The standard InChI is InChI=1S/C16H27N3/c1-3-9-17-15(11-12-8-10-19(2)18-12)16-13-6-4-5-7-14(13)16/h8,10,13-17H,3-7,9,11H2,1-2H3. The molecule has 2 fully saturated rings. The first-order valence-corrected chi connectivity index (χ1v) is 8.01. The van der Waals surface area contributed by atoms with Crippen molar-refractivity contribution in [1.29, 1.82) is 0 Å². The second kappa shape index (κ2) is 5.66. The fraction of sp³-hybridized carbons (Fsp3) is 0.812. The third kappa shape index (κ3) is 2.86. The van der Waals surface area contributed by atoms with Crippen LogP contribution in [-0.2, 0) is 13.5 Å². The number of nitrogens with one attached hydrogen (secondary N) is 1. The van der Waals surface area contributed by atoms with Gasteiger partial charge in [0.15, 0.2) is 0 Å².